The Morgan fingerprint density at radius 3 is 3.00 bits per heavy atom. The number of nitrogens with zero attached hydrogens (tertiary/aromatic N) is 2. The number of rotatable bonds is 3. The molecule has 21 heavy (non-hydrogen) atoms. The zero-order valence-electron chi connectivity index (χ0n) is 12.2. The summed E-state index contributed by atoms with van der Waals surface area (Å²) in [6.45, 7) is 0. The summed E-state index contributed by atoms with van der Waals surface area (Å²) < 4.78 is 5.49. The first-order chi connectivity index (χ1) is 10.3. The van der Waals surface area contributed by atoms with Crippen molar-refractivity contribution < 1.29 is 4.74 Å². The molecule has 0 saturated heterocycles. The van der Waals surface area contributed by atoms with Crippen molar-refractivity contribution in [2.75, 3.05) is 12.4 Å². The van der Waals surface area contributed by atoms with Gasteiger partial charge in [0.2, 0.25) is 0 Å². The summed E-state index contributed by atoms with van der Waals surface area (Å²) >= 11 is 0. The van der Waals surface area contributed by atoms with E-state index in [4.69, 9.17) is 4.74 Å². The molecule has 3 rings (SSSR count). The maximum Gasteiger partial charge on any atom is 0.103 e. The molecular formula is C17H19N3O. The van der Waals surface area contributed by atoms with Gasteiger partial charge in [-0.05, 0) is 31.7 Å². The lowest BCUT2D eigenvalue weighted by molar-refractivity contribution is 0.0669. The number of fused-ring (bicyclic) bond motifs is 1. The van der Waals surface area contributed by atoms with E-state index in [2.05, 4.69) is 16.4 Å². The molecule has 0 amide bonds. The molecule has 0 spiro atoms. The average molecular weight is 281 g/mol. The van der Waals surface area contributed by atoms with E-state index in [9.17, 15) is 5.26 Å². The van der Waals surface area contributed by atoms with Crippen LogP contribution in [0, 0.1) is 11.3 Å². The lowest BCUT2D eigenvalue weighted by Gasteiger charge is -2.30. The Kier molecular flexibility index (Phi) is 4.03. The normalized spacial score (nSPS) is 21.9. The third-order valence-corrected chi connectivity index (χ3v) is 4.20. The minimum atomic E-state index is 0.315. The van der Waals surface area contributed by atoms with Gasteiger partial charge in [0.05, 0.1) is 22.9 Å². The van der Waals surface area contributed by atoms with Crippen LogP contribution in [0.5, 0.6) is 0 Å². The topological polar surface area (TPSA) is 57.9 Å². The van der Waals surface area contributed by atoms with Crippen LogP contribution in [0.3, 0.4) is 0 Å². The number of anilines is 1. The highest BCUT2D eigenvalue weighted by atomic mass is 16.5. The summed E-state index contributed by atoms with van der Waals surface area (Å²) in [7, 11) is 1.77. The molecule has 2 atom stereocenters. The number of hydrogen-bond acceptors (Lipinski definition) is 4. The third-order valence-electron chi connectivity index (χ3n) is 4.20. The van der Waals surface area contributed by atoms with E-state index in [0.29, 0.717) is 17.7 Å². The number of methoxy groups -OCH3 is 1. The smallest absolute Gasteiger partial charge is 0.103 e. The Labute approximate surface area is 124 Å². The van der Waals surface area contributed by atoms with Crippen LogP contribution in [-0.4, -0.2) is 24.2 Å². The van der Waals surface area contributed by atoms with Gasteiger partial charge in [-0.1, -0.05) is 18.2 Å². The lowest BCUT2D eigenvalue weighted by atomic mass is 9.92. The molecule has 1 aliphatic carbocycles. The van der Waals surface area contributed by atoms with E-state index in [-0.39, 0.29) is 0 Å². The van der Waals surface area contributed by atoms with E-state index < -0.39 is 0 Å². The van der Waals surface area contributed by atoms with Crippen molar-refractivity contribution in [3.63, 3.8) is 0 Å². The van der Waals surface area contributed by atoms with Crippen molar-refractivity contribution in [3.05, 3.63) is 36.0 Å². The van der Waals surface area contributed by atoms with Gasteiger partial charge in [0.1, 0.15) is 6.07 Å². The quantitative estimate of drug-likeness (QED) is 0.935. The van der Waals surface area contributed by atoms with Crippen molar-refractivity contribution >= 4 is 16.6 Å². The molecule has 108 valence electrons. The highest BCUT2D eigenvalue weighted by Gasteiger charge is 2.23. The van der Waals surface area contributed by atoms with Crippen molar-refractivity contribution in [2.45, 2.75) is 37.8 Å². The molecule has 1 saturated carbocycles. The maximum absolute atomic E-state index is 9.35. The molecule has 0 radical (unpaired) electrons. The zero-order chi connectivity index (χ0) is 14.7. The van der Waals surface area contributed by atoms with E-state index in [1.165, 1.54) is 0 Å². The number of pyridine rings is 1. The summed E-state index contributed by atoms with van der Waals surface area (Å²) in [5.41, 5.74) is 2.43. The van der Waals surface area contributed by atoms with E-state index in [1.807, 2.05) is 24.3 Å². The van der Waals surface area contributed by atoms with Crippen LogP contribution < -0.4 is 5.32 Å². The Hall–Kier alpha value is -2.12. The number of nitrogens with one attached hydrogen (secondary N) is 1. The van der Waals surface area contributed by atoms with Gasteiger partial charge in [0, 0.05) is 24.7 Å². The standard InChI is InChI=1S/C17H19N3O/c1-21-14-6-4-5-13(9-14)20-17-12(10-18)11-19-16-8-3-2-7-15(16)17/h2-3,7-8,11,13-14H,4-6,9H2,1H3,(H,19,20). The first-order valence-corrected chi connectivity index (χ1v) is 7.39. The van der Waals surface area contributed by atoms with Gasteiger partial charge in [0.15, 0.2) is 0 Å². The predicted molar refractivity (Wildman–Crippen MR) is 83.1 cm³/mol. The molecule has 4 heteroatoms. The molecule has 1 aromatic heterocycles. The molecular weight excluding hydrogens is 262 g/mol. The van der Waals surface area contributed by atoms with Gasteiger partial charge < -0.3 is 10.1 Å². The van der Waals surface area contributed by atoms with Crippen molar-refractivity contribution in [3.8, 4) is 6.07 Å². The average Bonchev–Trinajstić information content (AvgIpc) is 2.55. The van der Waals surface area contributed by atoms with Crippen LogP contribution in [-0.2, 0) is 4.74 Å². The molecule has 2 aromatic rings. The lowest BCUT2D eigenvalue weighted by Crippen LogP contribution is -2.31. The van der Waals surface area contributed by atoms with Crippen LogP contribution in [0.4, 0.5) is 5.69 Å². The highest BCUT2D eigenvalue weighted by molar-refractivity contribution is 5.93. The monoisotopic (exact) mass is 281 g/mol. The number of aromatic nitrogens is 1. The van der Waals surface area contributed by atoms with Crippen LogP contribution >= 0.6 is 0 Å². The molecule has 2 unspecified atom stereocenters. The SMILES string of the molecule is COC1CCCC(Nc2c(C#N)cnc3ccccc23)C1. The minimum Gasteiger partial charge on any atom is -0.381 e. The summed E-state index contributed by atoms with van der Waals surface area (Å²) in [4.78, 5) is 4.35. The molecule has 0 bridgehead atoms. The predicted octanol–water partition coefficient (Wildman–Crippen LogP) is 3.48. The van der Waals surface area contributed by atoms with Crippen molar-refractivity contribution in [1.82, 2.24) is 4.98 Å². The number of benzene rings is 1. The van der Waals surface area contributed by atoms with Crippen LogP contribution in [0.15, 0.2) is 30.5 Å². The first-order valence-electron chi connectivity index (χ1n) is 7.39. The maximum atomic E-state index is 9.35. The highest BCUT2D eigenvalue weighted by Crippen LogP contribution is 2.29. The van der Waals surface area contributed by atoms with Gasteiger partial charge in [-0.15, -0.1) is 0 Å². The molecule has 4 nitrogen and oxygen atoms in total. The zero-order valence-corrected chi connectivity index (χ0v) is 12.2. The van der Waals surface area contributed by atoms with Crippen molar-refractivity contribution in [2.24, 2.45) is 0 Å². The minimum absolute atomic E-state index is 0.315. The van der Waals surface area contributed by atoms with Gasteiger partial charge in [-0.2, -0.15) is 5.26 Å². The summed E-state index contributed by atoms with van der Waals surface area (Å²) in [6.07, 6.45) is 6.34. The third kappa shape index (κ3) is 2.84. The number of hydrogen-bond donors (Lipinski definition) is 1. The number of nitriles is 1. The molecule has 1 heterocycles. The molecule has 1 aliphatic rings. The second kappa shape index (κ2) is 6.11. The fourth-order valence-electron chi connectivity index (χ4n) is 3.08. The van der Waals surface area contributed by atoms with Gasteiger partial charge in [-0.3, -0.25) is 4.98 Å². The van der Waals surface area contributed by atoms with Gasteiger partial charge in [-0.25, -0.2) is 0 Å². The fourth-order valence-corrected chi connectivity index (χ4v) is 3.08. The second-order valence-electron chi connectivity index (χ2n) is 5.54. The Bertz CT molecular complexity index is 677. The van der Waals surface area contributed by atoms with Crippen LogP contribution in [0.25, 0.3) is 10.9 Å². The Balaban J connectivity index is 1.94. The van der Waals surface area contributed by atoms with Crippen molar-refractivity contribution in [1.29, 1.82) is 5.26 Å². The number of para-hydroxylation sites is 1. The summed E-state index contributed by atoms with van der Waals surface area (Å²) in [6, 6.07) is 10.5. The largest absolute Gasteiger partial charge is 0.381 e. The fraction of sp³-hybridized carbons (Fsp3) is 0.412. The summed E-state index contributed by atoms with van der Waals surface area (Å²) in [5.74, 6) is 0. The van der Waals surface area contributed by atoms with Gasteiger partial charge >= 0.3 is 0 Å². The Morgan fingerprint density at radius 1 is 1.33 bits per heavy atom. The van der Waals surface area contributed by atoms with Crippen LogP contribution in [0.1, 0.15) is 31.2 Å². The first kappa shape index (κ1) is 13.8. The van der Waals surface area contributed by atoms with E-state index in [0.717, 1.165) is 42.3 Å². The molecule has 0 aliphatic heterocycles. The molecule has 1 aromatic carbocycles. The number of ether oxygens (including phenoxy) is 1. The molecule has 1 N–H and O–H groups in total. The van der Waals surface area contributed by atoms with Gasteiger partial charge in [0.25, 0.3) is 0 Å². The second-order valence-corrected chi connectivity index (χ2v) is 5.54. The van der Waals surface area contributed by atoms with E-state index >= 15 is 0 Å². The van der Waals surface area contributed by atoms with Crippen LogP contribution in [0.2, 0.25) is 0 Å². The Morgan fingerprint density at radius 2 is 2.19 bits per heavy atom. The molecule has 1 fully saturated rings. The van der Waals surface area contributed by atoms with E-state index in [1.54, 1.807) is 13.3 Å². The summed E-state index contributed by atoms with van der Waals surface area (Å²) in [5, 5.41) is 13.9.